The van der Waals surface area contributed by atoms with Gasteiger partial charge in [0.2, 0.25) is 10.0 Å². The molecule has 0 spiro atoms. The molecule has 0 radical (unpaired) electrons. The summed E-state index contributed by atoms with van der Waals surface area (Å²) >= 11 is 5.81. The van der Waals surface area contributed by atoms with E-state index in [2.05, 4.69) is 11.3 Å². The van der Waals surface area contributed by atoms with E-state index in [0.29, 0.717) is 5.57 Å². The van der Waals surface area contributed by atoms with Crippen LogP contribution in [0.25, 0.3) is 0 Å². The molecule has 0 saturated carbocycles. The van der Waals surface area contributed by atoms with Gasteiger partial charge in [0.05, 0.1) is 10.6 Å². The number of carbonyl (C=O) groups excluding carboxylic acids is 1. The molecule has 0 unspecified atom stereocenters. The highest BCUT2D eigenvalue weighted by Gasteiger charge is 2.19. The van der Waals surface area contributed by atoms with Gasteiger partial charge in [0.1, 0.15) is 11.5 Å². The molecule has 0 aromatic heterocycles. The van der Waals surface area contributed by atoms with Gasteiger partial charge in [-0.15, -0.1) is 0 Å². The minimum Gasteiger partial charge on any atom is -0.458 e. The Kier molecular flexibility index (Phi) is 5.11. The van der Waals surface area contributed by atoms with E-state index in [1.165, 1.54) is 25.2 Å². The highest BCUT2D eigenvalue weighted by atomic mass is 35.5. The standard InChI is InChI=1S/C12H14ClNO4S/c1-8(2)7-18-12(15)9-4-5-10(13)11(6-9)19(16,17)14-3/h4-6,14H,1,7H2,2-3H3. The summed E-state index contributed by atoms with van der Waals surface area (Å²) in [5.41, 5.74) is 0.796. The molecule has 7 heteroatoms. The van der Waals surface area contributed by atoms with E-state index < -0.39 is 16.0 Å². The monoisotopic (exact) mass is 303 g/mol. The first-order valence-corrected chi connectivity index (χ1v) is 7.18. The Morgan fingerprint density at radius 2 is 2.11 bits per heavy atom. The van der Waals surface area contributed by atoms with E-state index in [0.717, 1.165) is 0 Å². The molecule has 104 valence electrons. The van der Waals surface area contributed by atoms with Crippen molar-refractivity contribution in [2.75, 3.05) is 13.7 Å². The van der Waals surface area contributed by atoms with E-state index in [9.17, 15) is 13.2 Å². The first kappa shape index (κ1) is 15.7. The van der Waals surface area contributed by atoms with Gasteiger partial charge in [0.15, 0.2) is 0 Å². The molecule has 0 heterocycles. The Labute approximate surface area is 117 Å². The van der Waals surface area contributed by atoms with Crippen LogP contribution in [0.3, 0.4) is 0 Å². The molecular formula is C12H14ClNO4S. The predicted octanol–water partition coefficient (Wildman–Crippen LogP) is 1.98. The van der Waals surface area contributed by atoms with Crippen LogP contribution in [0.1, 0.15) is 17.3 Å². The zero-order valence-electron chi connectivity index (χ0n) is 10.6. The third-order valence-corrected chi connectivity index (χ3v) is 4.07. The van der Waals surface area contributed by atoms with Crippen molar-refractivity contribution in [1.29, 1.82) is 0 Å². The predicted molar refractivity (Wildman–Crippen MR) is 72.8 cm³/mol. The first-order chi connectivity index (χ1) is 8.77. The van der Waals surface area contributed by atoms with Gasteiger partial charge in [0, 0.05) is 0 Å². The van der Waals surface area contributed by atoms with Gasteiger partial charge in [-0.25, -0.2) is 17.9 Å². The normalized spacial score (nSPS) is 11.1. The molecule has 0 saturated heterocycles. The lowest BCUT2D eigenvalue weighted by Crippen LogP contribution is -2.19. The number of carbonyl (C=O) groups is 1. The molecule has 1 aromatic rings. The number of hydrogen-bond donors (Lipinski definition) is 1. The first-order valence-electron chi connectivity index (χ1n) is 5.32. The van der Waals surface area contributed by atoms with Crippen LogP contribution in [-0.2, 0) is 14.8 Å². The number of hydrogen-bond acceptors (Lipinski definition) is 4. The van der Waals surface area contributed by atoms with Crippen LogP contribution in [0.4, 0.5) is 0 Å². The van der Waals surface area contributed by atoms with Crippen molar-refractivity contribution in [1.82, 2.24) is 4.72 Å². The van der Waals surface area contributed by atoms with Crippen LogP contribution in [0.2, 0.25) is 5.02 Å². The lowest BCUT2D eigenvalue weighted by molar-refractivity contribution is 0.0540. The largest absolute Gasteiger partial charge is 0.458 e. The summed E-state index contributed by atoms with van der Waals surface area (Å²) in [6.07, 6.45) is 0. The van der Waals surface area contributed by atoms with Crippen LogP contribution in [-0.4, -0.2) is 28.0 Å². The average Bonchev–Trinajstić information content (AvgIpc) is 2.36. The fraction of sp³-hybridized carbons (Fsp3) is 0.250. The molecule has 0 fully saturated rings. The molecule has 5 nitrogen and oxygen atoms in total. The molecule has 1 N–H and O–H groups in total. The zero-order valence-corrected chi connectivity index (χ0v) is 12.1. The second kappa shape index (κ2) is 6.18. The molecule has 0 aliphatic carbocycles. The maximum absolute atomic E-state index is 11.7. The van der Waals surface area contributed by atoms with E-state index >= 15 is 0 Å². The maximum Gasteiger partial charge on any atom is 0.338 e. The second-order valence-electron chi connectivity index (χ2n) is 3.89. The van der Waals surface area contributed by atoms with Crippen molar-refractivity contribution in [2.45, 2.75) is 11.8 Å². The van der Waals surface area contributed by atoms with Crippen LogP contribution in [0.15, 0.2) is 35.2 Å². The highest BCUT2D eigenvalue weighted by Crippen LogP contribution is 2.22. The quantitative estimate of drug-likeness (QED) is 0.667. The fourth-order valence-electron chi connectivity index (χ4n) is 1.22. The minimum absolute atomic E-state index is 0.0331. The van der Waals surface area contributed by atoms with Crippen LogP contribution >= 0.6 is 11.6 Å². The molecule has 1 aromatic carbocycles. The third kappa shape index (κ3) is 4.05. The fourth-order valence-corrected chi connectivity index (χ4v) is 2.47. The zero-order chi connectivity index (χ0) is 14.6. The molecule has 0 bridgehead atoms. The van der Waals surface area contributed by atoms with Crippen LogP contribution in [0, 0.1) is 0 Å². The summed E-state index contributed by atoms with van der Waals surface area (Å²) in [6, 6.07) is 3.91. The summed E-state index contributed by atoms with van der Waals surface area (Å²) in [4.78, 5) is 11.5. The van der Waals surface area contributed by atoms with Crippen molar-refractivity contribution in [3.05, 3.63) is 40.9 Å². The molecule has 1 rings (SSSR count). The molecule has 0 aliphatic heterocycles. The maximum atomic E-state index is 11.7. The van der Waals surface area contributed by atoms with Gasteiger partial charge in [-0.2, -0.15) is 0 Å². The molecule has 0 atom stereocenters. The van der Waals surface area contributed by atoms with Gasteiger partial charge < -0.3 is 4.74 Å². The van der Waals surface area contributed by atoms with Gasteiger partial charge in [-0.05, 0) is 37.7 Å². The van der Waals surface area contributed by atoms with E-state index in [1.807, 2.05) is 0 Å². The van der Waals surface area contributed by atoms with Gasteiger partial charge in [-0.3, -0.25) is 0 Å². The summed E-state index contributed by atoms with van der Waals surface area (Å²) in [7, 11) is -2.46. The van der Waals surface area contributed by atoms with E-state index in [4.69, 9.17) is 16.3 Å². The number of esters is 1. The molecular weight excluding hydrogens is 290 g/mol. The third-order valence-electron chi connectivity index (χ3n) is 2.17. The van der Waals surface area contributed by atoms with Crippen molar-refractivity contribution in [2.24, 2.45) is 0 Å². The van der Waals surface area contributed by atoms with E-state index in [1.54, 1.807) is 6.92 Å². The van der Waals surface area contributed by atoms with Crippen molar-refractivity contribution < 1.29 is 17.9 Å². The molecule has 0 aliphatic rings. The summed E-state index contributed by atoms with van der Waals surface area (Å²) in [6.45, 7) is 5.39. The number of ether oxygens (including phenoxy) is 1. The summed E-state index contributed by atoms with van der Waals surface area (Å²) in [5.74, 6) is -0.632. The van der Waals surface area contributed by atoms with Gasteiger partial charge >= 0.3 is 5.97 Å². The van der Waals surface area contributed by atoms with E-state index in [-0.39, 0.29) is 22.1 Å². The van der Waals surface area contributed by atoms with Gasteiger partial charge in [0.25, 0.3) is 0 Å². The van der Waals surface area contributed by atoms with Crippen LogP contribution in [0.5, 0.6) is 0 Å². The Morgan fingerprint density at radius 3 is 2.63 bits per heavy atom. The minimum atomic E-state index is -3.72. The second-order valence-corrected chi connectivity index (χ2v) is 6.15. The Hall–Kier alpha value is -1.37. The highest BCUT2D eigenvalue weighted by molar-refractivity contribution is 7.89. The van der Waals surface area contributed by atoms with Crippen LogP contribution < -0.4 is 4.72 Å². The molecule has 19 heavy (non-hydrogen) atoms. The SMILES string of the molecule is C=C(C)COC(=O)c1ccc(Cl)c(S(=O)(=O)NC)c1. The molecule has 0 amide bonds. The Morgan fingerprint density at radius 1 is 1.47 bits per heavy atom. The topological polar surface area (TPSA) is 72.5 Å². The lowest BCUT2D eigenvalue weighted by atomic mass is 10.2. The Balaban J connectivity index is 3.10. The number of sulfonamides is 1. The number of halogens is 1. The summed E-state index contributed by atoms with van der Waals surface area (Å²) in [5, 5.41) is 0.0331. The van der Waals surface area contributed by atoms with Crippen molar-refractivity contribution in [3.63, 3.8) is 0 Å². The van der Waals surface area contributed by atoms with Crippen molar-refractivity contribution >= 4 is 27.6 Å². The summed E-state index contributed by atoms with van der Waals surface area (Å²) < 4.78 is 30.5. The number of nitrogens with one attached hydrogen (secondary N) is 1. The van der Waals surface area contributed by atoms with Crippen molar-refractivity contribution in [3.8, 4) is 0 Å². The Bertz CT molecular complexity index is 610. The smallest absolute Gasteiger partial charge is 0.338 e. The van der Waals surface area contributed by atoms with Gasteiger partial charge in [-0.1, -0.05) is 18.2 Å². The average molecular weight is 304 g/mol. The number of rotatable bonds is 5. The number of benzene rings is 1. The lowest BCUT2D eigenvalue weighted by Gasteiger charge is -2.08.